The van der Waals surface area contributed by atoms with Crippen LogP contribution >= 0.6 is 0 Å². The fraction of sp³-hybridized carbons (Fsp3) is 0.600. The zero-order valence-corrected chi connectivity index (χ0v) is 7.53. The van der Waals surface area contributed by atoms with E-state index in [-0.39, 0.29) is 0 Å². The fourth-order valence-corrected chi connectivity index (χ4v) is 1.89. The maximum absolute atomic E-state index is 10.4. The normalized spacial score (nSPS) is 18.8. The highest BCUT2D eigenvalue weighted by Crippen LogP contribution is 2.31. The van der Waals surface area contributed by atoms with E-state index in [1.165, 1.54) is 25.5 Å². The lowest BCUT2D eigenvalue weighted by Gasteiger charge is -2.17. The van der Waals surface area contributed by atoms with Gasteiger partial charge in [0.05, 0.1) is 0 Å². The second-order valence-electron chi connectivity index (χ2n) is 3.56. The molecule has 0 unspecified atom stereocenters. The molecule has 70 valence electrons. The van der Waals surface area contributed by atoms with Gasteiger partial charge in [0, 0.05) is 5.92 Å². The van der Waals surface area contributed by atoms with E-state index in [0.29, 0.717) is 11.6 Å². The van der Waals surface area contributed by atoms with Crippen molar-refractivity contribution in [2.45, 2.75) is 38.0 Å². The minimum absolute atomic E-state index is 0.417. The van der Waals surface area contributed by atoms with Crippen molar-refractivity contribution in [3.63, 3.8) is 0 Å². The van der Waals surface area contributed by atoms with Crippen LogP contribution in [0.25, 0.3) is 0 Å². The topological polar surface area (TPSA) is 43.1 Å². The van der Waals surface area contributed by atoms with Gasteiger partial charge in [-0.3, -0.25) is 4.79 Å². The molecule has 0 bridgehead atoms. The summed E-state index contributed by atoms with van der Waals surface area (Å²) in [5.74, 6) is 1.20. The maximum Gasteiger partial charge on any atom is 0.197 e. The lowest BCUT2D eigenvalue weighted by molar-refractivity contribution is 0.111. The molecule has 0 aliphatic heterocycles. The molecule has 1 fully saturated rings. The average Bonchev–Trinajstić information content (AvgIpc) is 2.67. The predicted molar refractivity (Wildman–Crippen MR) is 47.7 cm³/mol. The van der Waals surface area contributed by atoms with Crippen molar-refractivity contribution in [3.05, 3.63) is 17.8 Å². The highest BCUT2D eigenvalue weighted by atomic mass is 16.3. The van der Waals surface area contributed by atoms with E-state index in [0.717, 1.165) is 25.0 Å². The standard InChI is InChI=1S/C10H13NO2/c12-6-9-7-13-10(11-9)8-4-2-1-3-5-8/h6-8H,1-5H2. The highest BCUT2D eigenvalue weighted by Gasteiger charge is 2.19. The molecule has 3 nitrogen and oxygen atoms in total. The van der Waals surface area contributed by atoms with Crippen molar-refractivity contribution >= 4 is 6.29 Å². The van der Waals surface area contributed by atoms with E-state index in [9.17, 15) is 4.79 Å². The second kappa shape index (κ2) is 3.73. The largest absolute Gasteiger partial charge is 0.448 e. The van der Waals surface area contributed by atoms with Crippen LogP contribution in [-0.2, 0) is 0 Å². The summed E-state index contributed by atoms with van der Waals surface area (Å²) in [6.45, 7) is 0. The van der Waals surface area contributed by atoms with Crippen LogP contribution in [0.3, 0.4) is 0 Å². The number of rotatable bonds is 2. The number of aromatic nitrogens is 1. The van der Waals surface area contributed by atoms with Gasteiger partial charge in [0.1, 0.15) is 12.0 Å². The van der Waals surface area contributed by atoms with Crippen molar-refractivity contribution in [1.82, 2.24) is 4.98 Å². The fourth-order valence-electron chi connectivity index (χ4n) is 1.89. The Balaban J connectivity index is 2.09. The summed E-state index contributed by atoms with van der Waals surface area (Å²) in [6.07, 6.45) is 8.30. The second-order valence-corrected chi connectivity index (χ2v) is 3.56. The lowest BCUT2D eigenvalue weighted by atomic mass is 9.89. The molecular formula is C10H13NO2. The SMILES string of the molecule is O=Cc1coc(C2CCCCC2)n1. The number of nitrogens with zero attached hydrogens (tertiary/aromatic N) is 1. The number of carbonyl (C=O) groups excluding carboxylic acids is 1. The van der Waals surface area contributed by atoms with Crippen LogP contribution < -0.4 is 0 Å². The zero-order valence-electron chi connectivity index (χ0n) is 7.53. The van der Waals surface area contributed by atoms with Gasteiger partial charge in [-0.2, -0.15) is 0 Å². The molecule has 0 atom stereocenters. The summed E-state index contributed by atoms with van der Waals surface area (Å²) in [5.41, 5.74) is 0.417. The molecule has 1 aromatic rings. The molecule has 2 rings (SSSR count). The van der Waals surface area contributed by atoms with E-state index >= 15 is 0 Å². The van der Waals surface area contributed by atoms with Crippen LogP contribution in [0.2, 0.25) is 0 Å². The van der Waals surface area contributed by atoms with E-state index in [4.69, 9.17) is 4.42 Å². The third-order valence-corrected chi connectivity index (χ3v) is 2.61. The van der Waals surface area contributed by atoms with Gasteiger partial charge in [0.25, 0.3) is 0 Å². The number of hydrogen-bond acceptors (Lipinski definition) is 3. The van der Waals surface area contributed by atoms with Gasteiger partial charge >= 0.3 is 0 Å². The van der Waals surface area contributed by atoms with Crippen LogP contribution in [0.5, 0.6) is 0 Å². The third kappa shape index (κ3) is 1.79. The summed E-state index contributed by atoms with van der Waals surface area (Å²) in [7, 11) is 0. The first-order chi connectivity index (χ1) is 6.40. The molecule has 0 spiro atoms. The van der Waals surface area contributed by atoms with Crippen molar-refractivity contribution in [1.29, 1.82) is 0 Å². The van der Waals surface area contributed by atoms with Gasteiger partial charge < -0.3 is 4.42 Å². The molecule has 1 aliphatic rings. The predicted octanol–water partition coefficient (Wildman–Crippen LogP) is 2.53. The first kappa shape index (κ1) is 8.48. The molecular weight excluding hydrogens is 166 g/mol. The van der Waals surface area contributed by atoms with Crippen LogP contribution in [0.4, 0.5) is 0 Å². The summed E-state index contributed by atoms with van der Waals surface area (Å²) in [4.78, 5) is 14.5. The summed E-state index contributed by atoms with van der Waals surface area (Å²) in [6, 6.07) is 0. The first-order valence-corrected chi connectivity index (χ1v) is 4.81. The molecule has 0 aromatic carbocycles. The smallest absolute Gasteiger partial charge is 0.197 e. The minimum atomic E-state index is 0.417. The van der Waals surface area contributed by atoms with Crippen LogP contribution in [0, 0.1) is 0 Å². The van der Waals surface area contributed by atoms with E-state index in [2.05, 4.69) is 4.98 Å². The Morgan fingerprint density at radius 1 is 1.38 bits per heavy atom. The van der Waals surface area contributed by atoms with Crippen LogP contribution in [0.1, 0.15) is 54.4 Å². The number of hydrogen-bond donors (Lipinski definition) is 0. The number of aldehydes is 1. The highest BCUT2D eigenvalue weighted by molar-refractivity contribution is 5.70. The van der Waals surface area contributed by atoms with Gasteiger partial charge in [0.2, 0.25) is 0 Å². The quantitative estimate of drug-likeness (QED) is 0.655. The number of carbonyl (C=O) groups is 1. The summed E-state index contributed by atoms with van der Waals surface area (Å²) < 4.78 is 5.25. The Morgan fingerprint density at radius 2 is 2.15 bits per heavy atom. The molecule has 0 amide bonds. The van der Waals surface area contributed by atoms with Gasteiger partial charge in [-0.05, 0) is 12.8 Å². The zero-order chi connectivity index (χ0) is 9.10. The Kier molecular flexibility index (Phi) is 2.43. The molecule has 0 radical (unpaired) electrons. The van der Waals surface area contributed by atoms with Gasteiger partial charge in [-0.25, -0.2) is 4.98 Å². The monoisotopic (exact) mass is 179 g/mol. The third-order valence-electron chi connectivity index (χ3n) is 2.61. The van der Waals surface area contributed by atoms with Crippen LogP contribution in [0.15, 0.2) is 10.7 Å². The summed E-state index contributed by atoms with van der Waals surface area (Å²) in [5, 5.41) is 0. The molecule has 1 saturated carbocycles. The van der Waals surface area contributed by atoms with Crippen molar-refractivity contribution in [2.75, 3.05) is 0 Å². The van der Waals surface area contributed by atoms with Crippen molar-refractivity contribution < 1.29 is 9.21 Å². The van der Waals surface area contributed by atoms with Crippen LogP contribution in [-0.4, -0.2) is 11.3 Å². The molecule has 1 aromatic heterocycles. The number of oxazole rings is 1. The molecule has 1 heterocycles. The van der Waals surface area contributed by atoms with E-state index < -0.39 is 0 Å². The maximum atomic E-state index is 10.4. The van der Waals surface area contributed by atoms with Crippen molar-refractivity contribution in [2.24, 2.45) is 0 Å². The van der Waals surface area contributed by atoms with E-state index in [1.807, 2.05) is 0 Å². The van der Waals surface area contributed by atoms with Gasteiger partial charge in [-0.15, -0.1) is 0 Å². The molecule has 0 saturated heterocycles. The van der Waals surface area contributed by atoms with Crippen molar-refractivity contribution in [3.8, 4) is 0 Å². The lowest BCUT2D eigenvalue weighted by Crippen LogP contribution is -2.04. The average molecular weight is 179 g/mol. The minimum Gasteiger partial charge on any atom is -0.448 e. The molecule has 13 heavy (non-hydrogen) atoms. The first-order valence-electron chi connectivity index (χ1n) is 4.81. The van der Waals surface area contributed by atoms with Gasteiger partial charge in [-0.1, -0.05) is 19.3 Å². The van der Waals surface area contributed by atoms with E-state index in [1.54, 1.807) is 0 Å². The van der Waals surface area contributed by atoms with Gasteiger partial charge in [0.15, 0.2) is 12.2 Å². The Labute approximate surface area is 77.2 Å². The molecule has 0 N–H and O–H groups in total. The Bertz CT molecular complexity index is 287. The molecule has 3 heteroatoms. The Morgan fingerprint density at radius 3 is 2.77 bits per heavy atom. The summed E-state index contributed by atoms with van der Waals surface area (Å²) >= 11 is 0. The Hall–Kier alpha value is -1.12. The molecule has 1 aliphatic carbocycles.